The number of nitriles is 1. The molecule has 0 saturated carbocycles. The average Bonchev–Trinajstić information content (AvgIpc) is 2.47. The fourth-order valence-electron chi connectivity index (χ4n) is 2.42. The molecule has 21 heavy (non-hydrogen) atoms. The highest BCUT2D eigenvalue weighted by molar-refractivity contribution is 6.34. The molecule has 2 rings (SSSR count). The minimum Gasteiger partial charge on any atom is -0.395 e. The first-order chi connectivity index (χ1) is 9.99. The number of nitrogen functional groups attached to an aromatic ring is 1. The van der Waals surface area contributed by atoms with Gasteiger partial charge in [-0.1, -0.05) is 31.2 Å². The monoisotopic (exact) mass is 306 g/mol. The van der Waals surface area contributed by atoms with Gasteiger partial charge in [-0.3, -0.25) is 0 Å². The van der Waals surface area contributed by atoms with E-state index in [1.165, 1.54) is 0 Å². The summed E-state index contributed by atoms with van der Waals surface area (Å²) in [6.07, 6.45) is 4.41. The molecule has 110 valence electrons. The van der Waals surface area contributed by atoms with Crippen LogP contribution in [-0.2, 0) is 0 Å². The Morgan fingerprint density at radius 2 is 2.38 bits per heavy atom. The Hall–Kier alpha value is -2.06. The Bertz CT molecular complexity index is 661. The summed E-state index contributed by atoms with van der Waals surface area (Å²) >= 11 is 5.81. The first-order valence-corrected chi connectivity index (χ1v) is 7.06. The van der Waals surface area contributed by atoms with Crippen LogP contribution in [0.15, 0.2) is 24.0 Å². The highest BCUT2D eigenvalue weighted by Crippen LogP contribution is 2.37. The molecule has 1 unspecified atom stereocenters. The highest BCUT2D eigenvalue weighted by Gasteiger charge is 2.28. The molecule has 1 aliphatic rings. The van der Waals surface area contributed by atoms with Gasteiger partial charge in [0.25, 0.3) is 0 Å². The molecular weight excluding hydrogens is 291 g/mol. The standard InChI is InChI=1S/C15H16ClFN4/c1-3-4-9-5-6-10(8(2)20-9)15-13(17)14(19)12(16)11(7-18)21-15/h4,10,20H,2-3,5-6H2,1H3,(H2,19,21)/b9-4-. The number of aromatic nitrogens is 1. The topological polar surface area (TPSA) is 74.7 Å². The molecule has 4 nitrogen and oxygen atoms in total. The van der Waals surface area contributed by atoms with E-state index in [1.54, 1.807) is 0 Å². The molecule has 0 amide bonds. The molecule has 1 aromatic heterocycles. The SMILES string of the molecule is C=C1N/C(=C\CC)CCC1c1nc(C#N)c(Cl)c(N)c1F. The molecule has 1 aliphatic heterocycles. The van der Waals surface area contributed by atoms with Gasteiger partial charge >= 0.3 is 0 Å². The summed E-state index contributed by atoms with van der Waals surface area (Å²) in [6, 6.07) is 1.84. The number of halogens is 2. The lowest BCUT2D eigenvalue weighted by Gasteiger charge is -2.28. The first kappa shape index (κ1) is 15.3. The maximum atomic E-state index is 14.3. The van der Waals surface area contributed by atoms with E-state index in [1.807, 2.05) is 13.0 Å². The van der Waals surface area contributed by atoms with E-state index in [0.717, 1.165) is 18.5 Å². The van der Waals surface area contributed by atoms with Crippen molar-refractivity contribution in [2.75, 3.05) is 5.73 Å². The van der Waals surface area contributed by atoms with Crippen LogP contribution < -0.4 is 11.1 Å². The minimum atomic E-state index is -0.671. The van der Waals surface area contributed by atoms with E-state index < -0.39 is 5.82 Å². The van der Waals surface area contributed by atoms with Gasteiger partial charge in [0.05, 0.1) is 11.4 Å². The molecule has 0 radical (unpaired) electrons. The van der Waals surface area contributed by atoms with Gasteiger partial charge in [0.2, 0.25) is 0 Å². The molecule has 1 aromatic rings. The molecule has 0 aliphatic carbocycles. The molecular formula is C15H16ClFN4. The second kappa shape index (κ2) is 6.15. The lowest BCUT2D eigenvalue weighted by molar-refractivity contribution is 0.530. The van der Waals surface area contributed by atoms with E-state index in [-0.39, 0.29) is 28.0 Å². The number of nitrogens with two attached hydrogens (primary N) is 1. The molecule has 2 heterocycles. The van der Waals surface area contributed by atoms with Crippen LogP contribution in [0.5, 0.6) is 0 Å². The lowest BCUT2D eigenvalue weighted by Crippen LogP contribution is -2.26. The zero-order valence-corrected chi connectivity index (χ0v) is 12.5. The Labute approximate surface area is 128 Å². The number of rotatable bonds is 2. The Morgan fingerprint density at radius 1 is 1.67 bits per heavy atom. The number of anilines is 1. The van der Waals surface area contributed by atoms with Crippen molar-refractivity contribution in [3.05, 3.63) is 46.3 Å². The number of hydrogen-bond acceptors (Lipinski definition) is 4. The largest absolute Gasteiger partial charge is 0.395 e. The second-order valence-corrected chi connectivity index (χ2v) is 5.26. The predicted molar refractivity (Wildman–Crippen MR) is 81.0 cm³/mol. The molecule has 3 N–H and O–H groups in total. The Kier molecular flexibility index (Phi) is 4.49. The molecule has 0 aromatic carbocycles. The van der Waals surface area contributed by atoms with Gasteiger partial charge in [-0.2, -0.15) is 5.26 Å². The van der Waals surface area contributed by atoms with Crippen LogP contribution in [-0.4, -0.2) is 4.98 Å². The maximum Gasteiger partial charge on any atom is 0.169 e. The van der Waals surface area contributed by atoms with Gasteiger partial charge in [0.1, 0.15) is 11.1 Å². The molecule has 0 spiro atoms. The van der Waals surface area contributed by atoms with Crippen molar-refractivity contribution in [3.63, 3.8) is 0 Å². The van der Waals surface area contributed by atoms with Crippen molar-refractivity contribution in [1.82, 2.24) is 10.3 Å². The van der Waals surface area contributed by atoms with Crippen LogP contribution in [0.2, 0.25) is 5.02 Å². The van der Waals surface area contributed by atoms with E-state index in [4.69, 9.17) is 22.6 Å². The second-order valence-electron chi connectivity index (χ2n) is 4.88. The highest BCUT2D eigenvalue weighted by atomic mass is 35.5. The van der Waals surface area contributed by atoms with Crippen molar-refractivity contribution in [2.24, 2.45) is 0 Å². The molecule has 6 heteroatoms. The Balaban J connectivity index is 2.40. The number of piperidine rings is 1. The quantitative estimate of drug-likeness (QED) is 0.875. The van der Waals surface area contributed by atoms with Crippen LogP contribution in [0.25, 0.3) is 0 Å². The number of hydrogen-bond donors (Lipinski definition) is 2. The third-order valence-corrected chi connectivity index (χ3v) is 3.85. The zero-order valence-electron chi connectivity index (χ0n) is 11.7. The van der Waals surface area contributed by atoms with E-state index in [2.05, 4.69) is 23.0 Å². The predicted octanol–water partition coefficient (Wildman–Crippen LogP) is 3.60. The fraction of sp³-hybridized carbons (Fsp3) is 0.333. The Morgan fingerprint density at radius 3 is 2.95 bits per heavy atom. The minimum absolute atomic E-state index is 0.0618. The lowest BCUT2D eigenvalue weighted by atomic mass is 9.90. The summed E-state index contributed by atoms with van der Waals surface area (Å²) in [5, 5.41) is 12.0. The summed E-state index contributed by atoms with van der Waals surface area (Å²) < 4.78 is 14.3. The first-order valence-electron chi connectivity index (χ1n) is 6.68. The van der Waals surface area contributed by atoms with Gasteiger partial charge in [-0.05, 0) is 19.3 Å². The van der Waals surface area contributed by atoms with Crippen molar-refractivity contribution in [3.8, 4) is 6.07 Å². The maximum absolute atomic E-state index is 14.3. The summed E-state index contributed by atoms with van der Waals surface area (Å²) in [5.41, 5.74) is 7.18. The van der Waals surface area contributed by atoms with Crippen LogP contribution in [0.4, 0.5) is 10.1 Å². The number of allylic oxidation sites excluding steroid dienone is 3. The van der Waals surface area contributed by atoms with Crippen LogP contribution in [0.3, 0.4) is 0 Å². The fourth-order valence-corrected chi connectivity index (χ4v) is 2.58. The van der Waals surface area contributed by atoms with Crippen LogP contribution >= 0.6 is 11.6 Å². The third kappa shape index (κ3) is 2.86. The third-order valence-electron chi connectivity index (χ3n) is 3.47. The van der Waals surface area contributed by atoms with E-state index >= 15 is 0 Å². The summed E-state index contributed by atoms with van der Waals surface area (Å²) in [5.74, 6) is -0.999. The molecule has 1 saturated heterocycles. The van der Waals surface area contributed by atoms with Gasteiger partial charge in [-0.25, -0.2) is 9.37 Å². The van der Waals surface area contributed by atoms with E-state index in [0.29, 0.717) is 12.1 Å². The normalized spacial score (nSPS) is 20.2. The molecule has 1 atom stereocenters. The van der Waals surface area contributed by atoms with Gasteiger partial charge in [0.15, 0.2) is 11.5 Å². The molecule has 0 bridgehead atoms. The number of pyridine rings is 1. The summed E-state index contributed by atoms with van der Waals surface area (Å²) in [4.78, 5) is 4.03. The average molecular weight is 307 g/mol. The summed E-state index contributed by atoms with van der Waals surface area (Å²) in [6.45, 7) is 5.98. The summed E-state index contributed by atoms with van der Waals surface area (Å²) in [7, 11) is 0. The van der Waals surface area contributed by atoms with E-state index in [9.17, 15) is 4.39 Å². The van der Waals surface area contributed by atoms with Gasteiger partial charge in [0, 0.05) is 17.3 Å². The van der Waals surface area contributed by atoms with Crippen molar-refractivity contribution >= 4 is 17.3 Å². The zero-order chi connectivity index (χ0) is 15.6. The van der Waals surface area contributed by atoms with Crippen molar-refractivity contribution < 1.29 is 4.39 Å². The van der Waals surface area contributed by atoms with Gasteiger partial charge in [-0.15, -0.1) is 0 Å². The smallest absolute Gasteiger partial charge is 0.169 e. The van der Waals surface area contributed by atoms with Crippen LogP contribution in [0, 0.1) is 17.1 Å². The van der Waals surface area contributed by atoms with Crippen molar-refractivity contribution in [1.29, 1.82) is 5.26 Å². The van der Waals surface area contributed by atoms with Crippen LogP contribution in [0.1, 0.15) is 43.5 Å². The van der Waals surface area contributed by atoms with Crippen molar-refractivity contribution in [2.45, 2.75) is 32.1 Å². The number of nitrogens with one attached hydrogen (secondary N) is 1. The molecule has 1 fully saturated rings. The number of nitrogens with zero attached hydrogens (tertiary/aromatic N) is 2. The van der Waals surface area contributed by atoms with Gasteiger partial charge < -0.3 is 11.1 Å².